The predicted octanol–water partition coefficient (Wildman–Crippen LogP) is 6.44. The van der Waals surface area contributed by atoms with E-state index in [1.165, 1.54) is 11.8 Å². The zero-order valence-electron chi connectivity index (χ0n) is 23.9. The number of hydrogen-bond acceptors (Lipinski definition) is 6. The van der Waals surface area contributed by atoms with Crippen molar-refractivity contribution in [2.45, 2.75) is 61.5 Å². The third kappa shape index (κ3) is 8.58. The van der Waals surface area contributed by atoms with Gasteiger partial charge in [0.25, 0.3) is 5.78 Å². The number of ether oxygens (including phenoxy) is 4. The molecular weight excluding hydrogens is 560 g/mol. The van der Waals surface area contributed by atoms with Crippen molar-refractivity contribution in [1.29, 1.82) is 0 Å². The van der Waals surface area contributed by atoms with Crippen molar-refractivity contribution in [1.82, 2.24) is 0 Å². The lowest BCUT2D eigenvalue weighted by Crippen LogP contribution is -2.61. The summed E-state index contributed by atoms with van der Waals surface area (Å²) in [5.41, 5.74) is 12.7. The van der Waals surface area contributed by atoms with Crippen LogP contribution in [0.3, 0.4) is 0 Å². The molecule has 5 atom stereocenters. The molecule has 0 aromatic heterocycles. The molecule has 5 rings (SSSR count). The lowest BCUT2D eigenvalue weighted by atomic mass is 9.96. The number of carbonyl (C=O) groups is 1. The molecule has 0 bridgehead atoms. The van der Waals surface area contributed by atoms with E-state index in [0.717, 1.165) is 33.4 Å². The van der Waals surface area contributed by atoms with E-state index in [2.05, 4.69) is 4.79 Å². The molecule has 4 aromatic rings. The van der Waals surface area contributed by atoms with Crippen molar-refractivity contribution >= 4 is 23.8 Å². The van der Waals surface area contributed by atoms with Gasteiger partial charge < -0.3 is 24.5 Å². The highest BCUT2D eigenvalue weighted by molar-refractivity contribution is 7.99. The fourth-order valence-corrected chi connectivity index (χ4v) is 5.97. The van der Waals surface area contributed by atoms with Gasteiger partial charge in [-0.25, -0.2) is 0 Å². The monoisotopic (exact) mass is 594 g/mol. The van der Waals surface area contributed by atoms with E-state index in [-0.39, 0.29) is 13.2 Å². The summed E-state index contributed by atoms with van der Waals surface area (Å²) in [6, 6.07) is 37.5. The zero-order chi connectivity index (χ0) is 29.9. The molecule has 0 amide bonds. The van der Waals surface area contributed by atoms with E-state index >= 15 is 0 Å². The minimum atomic E-state index is -1.10. The first-order chi connectivity index (χ1) is 21.1. The van der Waals surface area contributed by atoms with Crippen molar-refractivity contribution < 1.29 is 28.5 Å². The summed E-state index contributed by atoms with van der Waals surface area (Å²) in [5.74, 6) is -0.523. The molecular formula is C35H34N2O5S. The maximum Gasteiger partial charge on any atom is 0.326 e. The largest absolute Gasteiger partial charge is 0.368 e. The van der Waals surface area contributed by atoms with Crippen LogP contribution in [0.5, 0.6) is 0 Å². The van der Waals surface area contributed by atoms with Crippen molar-refractivity contribution in [2.24, 2.45) is 0 Å². The molecule has 1 aliphatic rings. The number of hydrogen-bond donors (Lipinski definition) is 0. The molecule has 220 valence electrons. The smallest absolute Gasteiger partial charge is 0.326 e. The highest BCUT2D eigenvalue weighted by Crippen LogP contribution is 2.38. The van der Waals surface area contributed by atoms with Crippen LogP contribution in [0.15, 0.2) is 120 Å². The zero-order valence-corrected chi connectivity index (χ0v) is 24.7. The number of nitrogens with zero attached hydrogens (tertiary/aromatic N) is 2. The van der Waals surface area contributed by atoms with Gasteiger partial charge in [0, 0.05) is 4.90 Å². The lowest BCUT2D eigenvalue weighted by Gasteiger charge is -2.45. The number of rotatable bonds is 13. The Bertz CT molecular complexity index is 1480. The standard InChI is InChI=1S/C35H34N2O5S/c1-25-17-19-29(20-18-25)43-35-34(41-24-28-15-9-4-10-16-28)33(40-23-27-13-7-3-8-14-27)32(31(42-35)30(38)21-37-36)39-22-26-11-5-2-6-12-26/h2-21,31-35H,22-24H2,1H3/t31-,32-,33+,34-,35+/m1/s1. The molecule has 4 aromatic carbocycles. The van der Waals surface area contributed by atoms with Crippen molar-refractivity contribution in [2.75, 3.05) is 0 Å². The number of ketones is 1. The van der Waals surface area contributed by atoms with Gasteiger partial charge in [0.2, 0.25) is 0 Å². The second-order valence-corrected chi connectivity index (χ2v) is 11.5. The minimum absolute atomic E-state index is 0.224. The Morgan fingerprint density at radius 1 is 0.721 bits per heavy atom. The molecule has 1 fully saturated rings. The third-order valence-electron chi connectivity index (χ3n) is 7.09. The second-order valence-electron chi connectivity index (χ2n) is 10.3. The first-order valence-electron chi connectivity index (χ1n) is 14.2. The number of benzene rings is 4. The SMILES string of the molecule is Cc1ccc(S[C@@H]2O[C@H](C(=O)C=[N+]=[N-])[C@@H](OCc3ccccc3)[C@H](OCc3ccccc3)[C@H]2OCc2ccccc2)cc1. The summed E-state index contributed by atoms with van der Waals surface area (Å²) < 4.78 is 26.2. The van der Waals surface area contributed by atoms with Crippen LogP contribution >= 0.6 is 11.8 Å². The Morgan fingerprint density at radius 2 is 1.19 bits per heavy atom. The molecule has 0 N–H and O–H groups in total. The van der Waals surface area contributed by atoms with Crippen LogP contribution in [0.25, 0.3) is 5.53 Å². The number of thioether (sulfide) groups is 1. The number of aryl methyl sites for hydroxylation is 1. The molecule has 0 spiro atoms. The van der Waals surface area contributed by atoms with Gasteiger partial charge in [-0.3, -0.25) is 4.79 Å². The average molecular weight is 595 g/mol. The van der Waals surface area contributed by atoms with E-state index in [1.54, 1.807) is 0 Å². The van der Waals surface area contributed by atoms with Crippen LogP contribution in [0.2, 0.25) is 0 Å². The van der Waals surface area contributed by atoms with Gasteiger partial charge in [-0.05, 0) is 35.7 Å². The van der Waals surface area contributed by atoms with Crippen LogP contribution in [0, 0.1) is 6.92 Å². The maximum absolute atomic E-state index is 13.3. The normalized spacial score (nSPS) is 21.6. The van der Waals surface area contributed by atoms with Gasteiger partial charge in [-0.1, -0.05) is 120 Å². The summed E-state index contributed by atoms with van der Waals surface area (Å²) >= 11 is 1.46. The summed E-state index contributed by atoms with van der Waals surface area (Å²) in [7, 11) is 0. The van der Waals surface area contributed by atoms with Gasteiger partial charge in [0.05, 0.1) is 19.8 Å². The molecule has 1 saturated heterocycles. The topological polar surface area (TPSA) is 90.4 Å². The molecule has 1 heterocycles. The van der Waals surface area contributed by atoms with Crippen LogP contribution in [0.1, 0.15) is 22.3 Å². The van der Waals surface area contributed by atoms with Crippen molar-refractivity contribution in [3.05, 3.63) is 143 Å². The van der Waals surface area contributed by atoms with Crippen molar-refractivity contribution in [3.63, 3.8) is 0 Å². The van der Waals surface area contributed by atoms with Crippen LogP contribution in [-0.4, -0.2) is 46.6 Å². The first kappa shape index (κ1) is 30.6. The van der Waals surface area contributed by atoms with Gasteiger partial charge in [0.15, 0.2) is 6.10 Å². The molecule has 0 saturated carbocycles. The van der Waals surface area contributed by atoms with E-state index in [9.17, 15) is 10.3 Å². The third-order valence-corrected chi connectivity index (χ3v) is 8.25. The van der Waals surface area contributed by atoms with E-state index in [1.807, 2.05) is 122 Å². The number of carbonyl (C=O) groups excluding carboxylic acids is 1. The average Bonchev–Trinajstić information content (AvgIpc) is 3.05. The fourth-order valence-electron chi connectivity index (χ4n) is 4.86. The summed E-state index contributed by atoms with van der Waals surface area (Å²) in [5, 5.41) is 0. The Morgan fingerprint density at radius 3 is 1.67 bits per heavy atom. The highest BCUT2D eigenvalue weighted by Gasteiger charge is 2.51. The van der Waals surface area contributed by atoms with Crippen LogP contribution in [-0.2, 0) is 43.6 Å². The fraction of sp³-hybridized carbons (Fsp3) is 0.257. The highest BCUT2D eigenvalue weighted by atomic mass is 32.2. The Labute approximate surface area is 256 Å². The predicted molar refractivity (Wildman–Crippen MR) is 165 cm³/mol. The quantitative estimate of drug-likeness (QED) is 0.101. The van der Waals surface area contributed by atoms with Gasteiger partial charge in [-0.2, -0.15) is 4.79 Å². The van der Waals surface area contributed by atoms with Gasteiger partial charge in [-0.15, -0.1) is 0 Å². The lowest BCUT2D eigenvalue weighted by molar-refractivity contribution is -0.241. The van der Waals surface area contributed by atoms with Crippen LogP contribution in [0.4, 0.5) is 0 Å². The molecule has 0 radical (unpaired) electrons. The number of Topliss-reactive ketones (excluding diaryl/α,β-unsaturated/α-hetero) is 1. The summed E-state index contributed by atoms with van der Waals surface area (Å²) in [6.45, 7) is 2.84. The van der Waals surface area contributed by atoms with E-state index < -0.39 is 35.6 Å². The molecule has 8 heteroatoms. The summed E-state index contributed by atoms with van der Waals surface area (Å²) in [6.07, 6.45) is -2.42. The van der Waals surface area contributed by atoms with Crippen LogP contribution < -0.4 is 0 Å². The van der Waals surface area contributed by atoms with E-state index in [4.69, 9.17) is 18.9 Å². The molecule has 7 nitrogen and oxygen atoms in total. The first-order valence-corrected chi connectivity index (χ1v) is 15.1. The molecule has 0 aliphatic carbocycles. The minimum Gasteiger partial charge on any atom is -0.368 e. The van der Waals surface area contributed by atoms with Gasteiger partial charge >= 0.3 is 6.21 Å². The molecule has 0 unspecified atom stereocenters. The van der Waals surface area contributed by atoms with E-state index in [0.29, 0.717) is 6.61 Å². The van der Waals surface area contributed by atoms with Crippen molar-refractivity contribution in [3.8, 4) is 0 Å². The maximum atomic E-state index is 13.3. The second kappa shape index (κ2) is 15.5. The molecule has 1 aliphatic heterocycles. The Kier molecular flexibility index (Phi) is 11.1. The van der Waals surface area contributed by atoms with Gasteiger partial charge in [0.1, 0.15) is 23.7 Å². The Hall–Kier alpha value is -3.88. The molecule has 43 heavy (non-hydrogen) atoms. The summed E-state index contributed by atoms with van der Waals surface area (Å²) in [4.78, 5) is 17.3. The Balaban J connectivity index is 1.51.